The highest BCUT2D eigenvalue weighted by Crippen LogP contribution is 2.55. The van der Waals surface area contributed by atoms with Crippen LogP contribution in [0.1, 0.15) is 34.1 Å². The number of allylic oxidation sites excluding steroid dienone is 3. The lowest BCUT2D eigenvalue weighted by Gasteiger charge is -2.17. The summed E-state index contributed by atoms with van der Waals surface area (Å²) in [6.07, 6.45) is 4.77. The van der Waals surface area contributed by atoms with E-state index in [1.807, 2.05) is 0 Å². The molecule has 0 fully saturated rings. The molecule has 2 bridgehead atoms. The van der Waals surface area contributed by atoms with E-state index in [0.29, 0.717) is 11.8 Å². The quantitative estimate of drug-likeness (QED) is 0.514. The van der Waals surface area contributed by atoms with E-state index >= 15 is 0 Å². The topological polar surface area (TPSA) is 0 Å². The molecule has 0 heterocycles. The Labute approximate surface area is 142 Å². The van der Waals surface area contributed by atoms with E-state index in [9.17, 15) is 0 Å². The molecule has 0 aliphatic heterocycles. The average Bonchev–Trinajstić information content (AvgIpc) is 3.21. The normalized spacial score (nSPS) is 20.2. The first-order valence-electron chi connectivity index (χ1n) is 8.55. The van der Waals surface area contributed by atoms with Crippen LogP contribution < -0.4 is 0 Å². The van der Waals surface area contributed by atoms with E-state index in [4.69, 9.17) is 0 Å². The molecule has 0 nitrogen and oxygen atoms in total. The molecule has 0 N–H and O–H groups in total. The molecule has 2 aliphatic rings. The lowest BCUT2D eigenvalue weighted by Crippen LogP contribution is -1.98. The lowest BCUT2D eigenvalue weighted by molar-refractivity contribution is 1.04. The van der Waals surface area contributed by atoms with Crippen molar-refractivity contribution < 1.29 is 0 Å². The molecule has 0 amide bonds. The van der Waals surface area contributed by atoms with Gasteiger partial charge in [-0.3, -0.25) is 0 Å². The first-order valence-corrected chi connectivity index (χ1v) is 8.55. The molecular weight excluding hydrogens is 288 g/mol. The van der Waals surface area contributed by atoms with Crippen molar-refractivity contribution in [3.8, 4) is 0 Å². The summed E-state index contributed by atoms with van der Waals surface area (Å²) in [7, 11) is 0. The van der Waals surface area contributed by atoms with E-state index in [2.05, 4.69) is 97.1 Å². The third-order valence-corrected chi connectivity index (χ3v) is 5.25. The van der Waals surface area contributed by atoms with E-state index in [1.165, 1.54) is 33.4 Å². The van der Waals surface area contributed by atoms with Gasteiger partial charge in [-0.15, -0.1) is 0 Å². The zero-order chi connectivity index (χ0) is 15.9. The van der Waals surface area contributed by atoms with Gasteiger partial charge < -0.3 is 0 Å². The Morgan fingerprint density at radius 3 is 1.38 bits per heavy atom. The van der Waals surface area contributed by atoms with Crippen molar-refractivity contribution >= 4 is 5.57 Å². The van der Waals surface area contributed by atoms with E-state index < -0.39 is 0 Å². The maximum Gasteiger partial charge on any atom is 0.0250 e. The van der Waals surface area contributed by atoms with Crippen LogP contribution in [0.2, 0.25) is 0 Å². The standard InChI is InChI=1S/C24H18/c1-3-9-17(10-4-1)23(18-11-5-2-6-12-18)24-21-15-16-22(24)20-14-8-7-13-19(20)21/h1-16,21-22H. The Morgan fingerprint density at radius 2 is 0.917 bits per heavy atom. The van der Waals surface area contributed by atoms with Gasteiger partial charge in [0.05, 0.1) is 0 Å². The molecular formula is C24H18. The van der Waals surface area contributed by atoms with Crippen molar-refractivity contribution in [3.05, 3.63) is 125 Å². The maximum atomic E-state index is 2.38. The minimum atomic E-state index is 0.418. The van der Waals surface area contributed by atoms with Gasteiger partial charge in [0.2, 0.25) is 0 Å². The van der Waals surface area contributed by atoms with Crippen molar-refractivity contribution in [1.29, 1.82) is 0 Å². The van der Waals surface area contributed by atoms with Gasteiger partial charge in [0.1, 0.15) is 0 Å². The Bertz CT molecular complexity index is 869. The minimum Gasteiger partial charge on any atom is -0.0760 e. The molecule has 0 saturated carbocycles. The summed E-state index contributed by atoms with van der Waals surface area (Å²) >= 11 is 0. The fourth-order valence-electron chi connectivity index (χ4n) is 4.26. The highest BCUT2D eigenvalue weighted by Gasteiger charge is 2.39. The summed E-state index contributed by atoms with van der Waals surface area (Å²) in [4.78, 5) is 0. The van der Waals surface area contributed by atoms with Crippen LogP contribution in [0.3, 0.4) is 0 Å². The summed E-state index contributed by atoms with van der Waals surface area (Å²) in [5.41, 5.74) is 8.50. The van der Waals surface area contributed by atoms with Gasteiger partial charge in [0.25, 0.3) is 0 Å². The summed E-state index contributed by atoms with van der Waals surface area (Å²) in [6.45, 7) is 0. The monoisotopic (exact) mass is 306 g/mol. The van der Waals surface area contributed by atoms with Crippen LogP contribution in [0.5, 0.6) is 0 Å². The molecule has 2 aliphatic carbocycles. The zero-order valence-electron chi connectivity index (χ0n) is 13.4. The van der Waals surface area contributed by atoms with Crippen LogP contribution in [0.25, 0.3) is 5.57 Å². The van der Waals surface area contributed by atoms with Crippen molar-refractivity contribution in [2.75, 3.05) is 0 Å². The van der Waals surface area contributed by atoms with Gasteiger partial charge in [-0.2, -0.15) is 0 Å². The molecule has 0 radical (unpaired) electrons. The van der Waals surface area contributed by atoms with E-state index in [-0.39, 0.29) is 0 Å². The van der Waals surface area contributed by atoms with Crippen molar-refractivity contribution in [2.24, 2.45) is 0 Å². The van der Waals surface area contributed by atoms with E-state index in [0.717, 1.165) is 0 Å². The minimum absolute atomic E-state index is 0.418. The highest BCUT2D eigenvalue weighted by atomic mass is 14.4. The van der Waals surface area contributed by atoms with Gasteiger partial charge in [-0.05, 0) is 33.4 Å². The van der Waals surface area contributed by atoms with Crippen molar-refractivity contribution in [3.63, 3.8) is 0 Å². The number of hydrogen-bond acceptors (Lipinski definition) is 0. The average molecular weight is 306 g/mol. The number of rotatable bonds is 2. The molecule has 0 aromatic heterocycles. The molecule has 2 atom stereocenters. The van der Waals surface area contributed by atoms with Gasteiger partial charge in [0, 0.05) is 11.8 Å². The van der Waals surface area contributed by atoms with Crippen LogP contribution >= 0.6 is 0 Å². The molecule has 114 valence electrons. The highest BCUT2D eigenvalue weighted by molar-refractivity contribution is 5.87. The predicted molar refractivity (Wildman–Crippen MR) is 100.0 cm³/mol. The molecule has 0 spiro atoms. The smallest absolute Gasteiger partial charge is 0.0250 e. The molecule has 3 aromatic rings. The fraction of sp³-hybridized carbons (Fsp3) is 0.0833. The third-order valence-electron chi connectivity index (χ3n) is 5.25. The predicted octanol–water partition coefficient (Wildman–Crippen LogP) is 5.94. The SMILES string of the molecule is C1=CC2C(=C(c3ccccc3)c3ccccc3)C1c1ccccc12. The first kappa shape index (κ1) is 13.6. The van der Waals surface area contributed by atoms with Crippen LogP contribution in [0.15, 0.2) is 103 Å². The molecule has 2 unspecified atom stereocenters. The van der Waals surface area contributed by atoms with Gasteiger partial charge >= 0.3 is 0 Å². The fourth-order valence-corrected chi connectivity index (χ4v) is 4.26. The van der Waals surface area contributed by atoms with Gasteiger partial charge in [0.15, 0.2) is 0 Å². The third kappa shape index (κ3) is 1.93. The Balaban J connectivity index is 1.79. The Hall–Kier alpha value is -2.86. The second-order valence-corrected chi connectivity index (χ2v) is 6.53. The van der Waals surface area contributed by atoms with Crippen LogP contribution in [-0.4, -0.2) is 0 Å². The summed E-state index contributed by atoms with van der Waals surface area (Å²) in [5.74, 6) is 0.836. The Kier molecular flexibility index (Phi) is 3.02. The molecule has 0 heteroatoms. The summed E-state index contributed by atoms with van der Waals surface area (Å²) in [5, 5.41) is 0. The Morgan fingerprint density at radius 1 is 0.500 bits per heavy atom. The van der Waals surface area contributed by atoms with Crippen LogP contribution in [0, 0.1) is 0 Å². The molecule has 0 saturated heterocycles. The van der Waals surface area contributed by atoms with Crippen molar-refractivity contribution in [2.45, 2.75) is 11.8 Å². The van der Waals surface area contributed by atoms with Gasteiger partial charge in [-0.25, -0.2) is 0 Å². The number of benzene rings is 3. The largest absolute Gasteiger partial charge is 0.0760 e. The molecule has 24 heavy (non-hydrogen) atoms. The second kappa shape index (κ2) is 5.35. The van der Waals surface area contributed by atoms with Crippen LogP contribution in [-0.2, 0) is 0 Å². The summed E-state index contributed by atoms with van der Waals surface area (Å²) in [6, 6.07) is 30.6. The number of fused-ring (bicyclic) bond motifs is 5. The molecule has 3 aromatic carbocycles. The van der Waals surface area contributed by atoms with E-state index in [1.54, 1.807) is 0 Å². The first-order chi connectivity index (χ1) is 11.9. The zero-order valence-corrected chi connectivity index (χ0v) is 13.4. The summed E-state index contributed by atoms with van der Waals surface area (Å²) < 4.78 is 0. The second-order valence-electron chi connectivity index (χ2n) is 6.53. The number of hydrogen-bond donors (Lipinski definition) is 0. The molecule has 5 rings (SSSR count). The van der Waals surface area contributed by atoms with Crippen LogP contribution in [0.4, 0.5) is 0 Å². The lowest BCUT2D eigenvalue weighted by atomic mass is 9.87. The van der Waals surface area contributed by atoms with Gasteiger partial charge in [-0.1, -0.05) is 97.1 Å². The van der Waals surface area contributed by atoms with Crippen molar-refractivity contribution in [1.82, 2.24) is 0 Å². The maximum absolute atomic E-state index is 2.38.